The lowest BCUT2D eigenvalue weighted by molar-refractivity contribution is -0.132. The van der Waals surface area contributed by atoms with Gasteiger partial charge in [-0.2, -0.15) is 0 Å². The van der Waals surface area contributed by atoms with Crippen molar-refractivity contribution in [2.75, 3.05) is 44.2 Å². The minimum atomic E-state index is -0.682. The quantitative estimate of drug-likeness (QED) is 0.440. The SMILES string of the molecule is O=C1NC2(CCC(c3ccccc3)CC2)C(=O)N1CCCCN1CCN(c2cccc(Cl)c2)CC1. The zero-order chi connectivity index (χ0) is 24.3. The summed E-state index contributed by atoms with van der Waals surface area (Å²) in [6.07, 6.45) is 5.15. The Morgan fingerprint density at radius 2 is 1.60 bits per heavy atom. The van der Waals surface area contributed by atoms with Gasteiger partial charge in [0.05, 0.1) is 0 Å². The van der Waals surface area contributed by atoms with E-state index in [1.807, 2.05) is 24.3 Å². The number of benzene rings is 2. The smallest absolute Gasteiger partial charge is 0.325 e. The Labute approximate surface area is 213 Å². The van der Waals surface area contributed by atoms with Gasteiger partial charge in [0.2, 0.25) is 0 Å². The van der Waals surface area contributed by atoms with E-state index in [2.05, 4.69) is 45.4 Å². The minimum Gasteiger partial charge on any atom is -0.369 e. The third-order valence-electron chi connectivity index (χ3n) is 8.01. The highest BCUT2D eigenvalue weighted by Gasteiger charge is 2.52. The maximum Gasteiger partial charge on any atom is 0.325 e. The molecule has 2 aliphatic heterocycles. The maximum absolute atomic E-state index is 13.2. The van der Waals surface area contributed by atoms with Crippen LogP contribution in [0.1, 0.15) is 50.0 Å². The van der Waals surface area contributed by atoms with E-state index in [9.17, 15) is 9.59 Å². The van der Waals surface area contributed by atoms with Crippen LogP contribution in [0.25, 0.3) is 0 Å². The molecule has 1 N–H and O–H groups in total. The van der Waals surface area contributed by atoms with Gasteiger partial charge in [-0.1, -0.05) is 48.0 Å². The molecule has 2 aromatic carbocycles. The van der Waals surface area contributed by atoms with Crippen LogP contribution in [0.4, 0.5) is 10.5 Å². The van der Waals surface area contributed by atoms with E-state index in [0.717, 1.165) is 76.3 Å². The first-order valence-corrected chi connectivity index (χ1v) is 13.3. The van der Waals surface area contributed by atoms with Crippen LogP contribution in [0.2, 0.25) is 5.02 Å². The molecule has 6 nitrogen and oxygen atoms in total. The number of amides is 3. The fourth-order valence-corrected chi connectivity index (χ4v) is 6.08. The largest absolute Gasteiger partial charge is 0.369 e. The van der Waals surface area contributed by atoms with E-state index in [1.165, 1.54) is 16.2 Å². The highest BCUT2D eigenvalue weighted by molar-refractivity contribution is 6.30. The Morgan fingerprint density at radius 1 is 0.886 bits per heavy atom. The molecule has 3 amide bonds. The summed E-state index contributed by atoms with van der Waals surface area (Å²) in [6, 6.07) is 18.4. The summed E-state index contributed by atoms with van der Waals surface area (Å²) < 4.78 is 0. The molecule has 5 rings (SSSR count). The number of rotatable bonds is 7. The summed E-state index contributed by atoms with van der Waals surface area (Å²) in [5.74, 6) is 0.462. The van der Waals surface area contributed by atoms with Gasteiger partial charge in [0, 0.05) is 43.4 Å². The number of halogens is 1. The summed E-state index contributed by atoms with van der Waals surface area (Å²) in [7, 11) is 0. The first-order valence-electron chi connectivity index (χ1n) is 13.0. The Hall–Kier alpha value is -2.57. The average Bonchev–Trinajstić information content (AvgIpc) is 3.11. The molecule has 1 spiro atoms. The topological polar surface area (TPSA) is 55.9 Å². The van der Waals surface area contributed by atoms with Gasteiger partial charge in [-0.3, -0.25) is 14.6 Å². The summed E-state index contributed by atoms with van der Waals surface area (Å²) in [6.45, 7) is 5.51. The van der Waals surface area contributed by atoms with Crippen molar-refractivity contribution in [1.29, 1.82) is 0 Å². The van der Waals surface area contributed by atoms with E-state index >= 15 is 0 Å². The van der Waals surface area contributed by atoms with Crippen LogP contribution < -0.4 is 10.2 Å². The summed E-state index contributed by atoms with van der Waals surface area (Å²) >= 11 is 6.14. The van der Waals surface area contributed by atoms with Crippen LogP contribution in [0, 0.1) is 0 Å². The van der Waals surface area contributed by atoms with Gasteiger partial charge in [-0.25, -0.2) is 4.79 Å². The normalized spacial score (nSPS) is 25.3. The van der Waals surface area contributed by atoms with Gasteiger partial charge >= 0.3 is 6.03 Å². The van der Waals surface area contributed by atoms with Crippen LogP contribution >= 0.6 is 11.6 Å². The Morgan fingerprint density at radius 3 is 2.31 bits per heavy atom. The molecule has 2 aromatic rings. The fourth-order valence-electron chi connectivity index (χ4n) is 5.90. The Bertz CT molecular complexity index is 1030. The summed E-state index contributed by atoms with van der Waals surface area (Å²) in [5, 5.41) is 3.84. The third kappa shape index (κ3) is 5.34. The number of carbonyl (C=O) groups excluding carboxylic acids is 2. The number of unbranched alkanes of at least 4 members (excludes halogenated alkanes) is 1. The molecule has 7 heteroatoms. The molecule has 2 heterocycles. The van der Waals surface area contributed by atoms with E-state index < -0.39 is 5.54 Å². The van der Waals surface area contributed by atoms with Crippen LogP contribution in [0.3, 0.4) is 0 Å². The lowest BCUT2D eigenvalue weighted by Gasteiger charge is -2.36. The second-order valence-electron chi connectivity index (χ2n) is 10.2. The van der Waals surface area contributed by atoms with E-state index in [0.29, 0.717) is 12.5 Å². The monoisotopic (exact) mass is 494 g/mol. The molecule has 35 heavy (non-hydrogen) atoms. The number of imide groups is 1. The number of piperazine rings is 1. The third-order valence-corrected chi connectivity index (χ3v) is 8.24. The maximum atomic E-state index is 13.2. The predicted octanol–water partition coefficient (Wildman–Crippen LogP) is 4.89. The van der Waals surface area contributed by atoms with E-state index in [1.54, 1.807) is 0 Å². The first-order chi connectivity index (χ1) is 17.0. The molecule has 0 atom stereocenters. The Balaban J connectivity index is 1.04. The minimum absolute atomic E-state index is 0.0100. The van der Waals surface area contributed by atoms with E-state index in [-0.39, 0.29) is 11.9 Å². The van der Waals surface area contributed by atoms with Gasteiger partial charge < -0.3 is 10.2 Å². The second kappa shape index (κ2) is 10.6. The van der Waals surface area contributed by atoms with E-state index in [4.69, 9.17) is 11.6 Å². The van der Waals surface area contributed by atoms with Crippen molar-refractivity contribution in [1.82, 2.24) is 15.1 Å². The first kappa shape index (κ1) is 24.1. The van der Waals surface area contributed by atoms with Crippen molar-refractivity contribution in [3.05, 3.63) is 65.2 Å². The molecule has 3 aliphatic rings. The molecule has 1 saturated carbocycles. The van der Waals surface area contributed by atoms with Gasteiger partial charge in [-0.15, -0.1) is 0 Å². The molecule has 0 aromatic heterocycles. The number of nitrogens with zero attached hydrogens (tertiary/aromatic N) is 3. The number of hydrogen-bond acceptors (Lipinski definition) is 4. The zero-order valence-electron chi connectivity index (χ0n) is 20.3. The van der Waals surface area contributed by atoms with Crippen LogP contribution in [0.5, 0.6) is 0 Å². The molecule has 186 valence electrons. The fraction of sp³-hybridized carbons (Fsp3) is 0.500. The second-order valence-corrected chi connectivity index (χ2v) is 10.6. The molecular weight excluding hydrogens is 460 g/mol. The molecule has 3 fully saturated rings. The van der Waals surface area contributed by atoms with Gasteiger partial charge in [-0.05, 0) is 74.8 Å². The number of hydrogen-bond donors (Lipinski definition) is 1. The number of carbonyl (C=O) groups is 2. The highest BCUT2D eigenvalue weighted by atomic mass is 35.5. The highest BCUT2D eigenvalue weighted by Crippen LogP contribution is 2.40. The van der Waals surface area contributed by atoms with Crippen molar-refractivity contribution in [2.24, 2.45) is 0 Å². The Kier molecular flexibility index (Phi) is 7.30. The molecule has 0 radical (unpaired) electrons. The number of urea groups is 1. The summed E-state index contributed by atoms with van der Waals surface area (Å²) in [5.41, 5.74) is 1.84. The van der Waals surface area contributed by atoms with Gasteiger partial charge in [0.15, 0.2) is 0 Å². The van der Waals surface area contributed by atoms with Gasteiger partial charge in [0.25, 0.3) is 5.91 Å². The lowest BCUT2D eigenvalue weighted by Crippen LogP contribution is -2.49. The number of nitrogens with one attached hydrogen (secondary N) is 1. The predicted molar refractivity (Wildman–Crippen MR) is 140 cm³/mol. The number of anilines is 1. The molecule has 2 saturated heterocycles. The molecular formula is C28H35ClN4O2. The lowest BCUT2D eigenvalue weighted by atomic mass is 9.74. The van der Waals surface area contributed by atoms with Crippen LogP contribution in [-0.2, 0) is 4.79 Å². The standard InChI is InChI=1S/C28H35ClN4O2/c29-24-9-6-10-25(21-24)32-19-17-31(18-20-32)15-4-5-16-33-26(34)28(30-27(33)35)13-11-23(12-14-28)22-7-2-1-3-8-22/h1-3,6-10,21,23H,4-5,11-20H2,(H,30,35). The van der Waals surface area contributed by atoms with Crippen molar-refractivity contribution in [3.63, 3.8) is 0 Å². The summed E-state index contributed by atoms with van der Waals surface area (Å²) in [4.78, 5) is 32.2. The van der Waals surface area contributed by atoms with Crippen LogP contribution in [-0.4, -0.2) is 66.5 Å². The van der Waals surface area contributed by atoms with Crippen molar-refractivity contribution in [2.45, 2.75) is 50.0 Å². The zero-order valence-corrected chi connectivity index (χ0v) is 21.1. The van der Waals surface area contributed by atoms with Gasteiger partial charge in [0.1, 0.15) is 5.54 Å². The van der Waals surface area contributed by atoms with Crippen molar-refractivity contribution < 1.29 is 9.59 Å². The van der Waals surface area contributed by atoms with Crippen molar-refractivity contribution in [3.8, 4) is 0 Å². The molecule has 0 bridgehead atoms. The average molecular weight is 495 g/mol. The van der Waals surface area contributed by atoms with Crippen molar-refractivity contribution >= 4 is 29.2 Å². The van der Waals surface area contributed by atoms with Crippen LogP contribution in [0.15, 0.2) is 54.6 Å². The molecule has 1 aliphatic carbocycles. The molecule has 0 unspecified atom stereocenters.